The zero-order valence-electron chi connectivity index (χ0n) is 9.24. The van der Waals surface area contributed by atoms with Crippen molar-refractivity contribution >= 4 is 6.03 Å². The highest BCUT2D eigenvalue weighted by Gasteiger charge is 2.27. The summed E-state index contributed by atoms with van der Waals surface area (Å²) >= 11 is 0. The molecule has 2 aliphatic rings. The van der Waals surface area contributed by atoms with Gasteiger partial charge in [0.15, 0.2) is 0 Å². The Morgan fingerprint density at radius 2 is 2.20 bits per heavy atom. The Hall–Kier alpha value is -0.810. The molecule has 1 N–H and O–H groups in total. The molecule has 0 radical (unpaired) electrons. The second kappa shape index (κ2) is 4.81. The molecule has 5 heteroatoms. The number of ether oxygens (including phenoxy) is 1. The van der Waals surface area contributed by atoms with Crippen LogP contribution in [0.15, 0.2) is 0 Å². The SMILES string of the molecule is CN(C(=O)N1CCOCC1)[C@H]1CCNC1. The summed E-state index contributed by atoms with van der Waals surface area (Å²) in [6, 6.07) is 0.507. The van der Waals surface area contributed by atoms with Gasteiger partial charge in [-0.1, -0.05) is 0 Å². The first-order chi connectivity index (χ1) is 7.29. The molecule has 2 aliphatic heterocycles. The number of hydrogen-bond donors (Lipinski definition) is 1. The largest absolute Gasteiger partial charge is 0.378 e. The minimum atomic E-state index is 0.145. The molecule has 0 saturated carbocycles. The quantitative estimate of drug-likeness (QED) is 0.652. The van der Waals surface area contributed by atoms with E-state index in [2.05, 4.69) is 5.32 Å². The van der Waals surface area contributed by atoms with E-state index in [0.29, 0.717) is 19.3 Å². The van der Waals surface area contributed by atoms with Crippen LogP contribution >= 0.6 is 0 Å². The number of likely N-dealkylation sites (N-methyl/N-ethyl adjacent to an activating group) is 1. The first-order valence-corrected chi connectivity index (χ1v) is 5.59. The van der Waals surface area contributed by atoms with E-state index in [4.69, 9.17) is 4.74 Å². The highest BCUT2D eigenvalue weighted by Crippen LogP contribution is 2.10. The van der Waals surface area contributed by atoms with Crippen molar-refractivity contribution in [3.63, 3.8) is 0 Å². The highest BCUT2D eigenvalue weighted by molar-refractivity contribution is 5.74. The van der Waals surface area contributed by atoms with Gasteiger partial charge in [-0.2, -0.15) is 0 Å². The Kier molecular flexibility index (Phi) is 3.43. The number of carbonyl (C=O) groups is 1. The Bertz CT molecular complexity index is 223. The molecule has 1 atom stereocenters. The third-order valence-electron chi connectivity index (χ3n) is 3.17. The maximum atomic E-state index is 12.1. The van der Waals surface area contributed by atoms with E-state index in [1.54, 1.807) is 0 Å². The van der Waals surface area contributed by atoms with Gasteiger partial charge >= 0.3 is 6.03 Å². The third-order valence-corrected chi connectivity index (χ3v) is 3.17. The molecule has 0 aromatic heterocycles. The molecular formula is C10H19N3O2. The lowest BCUT2D eigenvalue weighted by Crippen LogP contribution is -2.50. The number of carbonyl (C=O) groups excluding carboxylic acids is 1. The van der Waals surface area contributed by atoms with Gasteiger partial charge in [0.25, 0.3) is 0 Å². The molecule has 2 amide bonds. The summed E-state index contributed by atoms with van der Waals surface area (Å²) in [6.45, 7) is 4.73. The van der Waals surface area contributed by atoms with E-state index < -0.39 is 0 Å². The van der Waals surface area contributed by atoms with Crippen molar-refractivity contribution in [1.29, 1.82) is 0 Å². The molecule has 0 aromatic carbocycles. The van der Waals surface area contributed by atoms with Crippen molar-refractivity contribution in [3.8, 4) is 0 Å². The van der Waals surface area contributed by atoms with Crippen molar-refractivity contribution in [3.05, 3.63) is 0 Å². The highest BCUT2D eigenvalue weighted by atomic mass is 16.5. The normalized spacial score (nSPS) is 26.7. The zero-order chi connectivity index (χ0) is 10.7. The number of hydrogen-bond acceptors (Lipinski definition) is 3. The number of nitrogens with zero attached hydrogens (tertiary/aromatic N) is 2. The first kappa shape index (κ1) is 10.7. The Morgan fingerprint density at radius 3 is 2.80 bits per heavy atom. The molecular weight excluding hydrogens is 194 g/mol. The fraction of sp³-hybridized carbons (Fsp3) is 0.900. The van der Waals surface area contributed by atoms with E-state index in [-0.39, 0.29) is 6.03 Å². The van der Waals surface area contributed by atoms with Gasteiger partial charge in [0.2, 0.25) is 0 Å². The van der Waals surface area contributed by atoms with Crippen LogP contribution in [-0.4, -0.2) is 68.3 Å². The van der Waals surface area contributed by atoms with Crippen LogP contribution in [0.4, 0.5) is 4.79 Å². The smallest absolute Gasteiger partial charge is 0.320 e. The van der Waals surface area contributed by atoms with Crippen LogP contribution < -0.4 is 5.32 Å². The summed E-state index contributed by atoms with van der Waals surface area (Å²) in [7, 11) is 1.90. The van der Waals surface area contributed by atoms with Gasteiger partial charge < -0.3 is 19.9 Å². The maximum absolute atomic E-state index is 12.1. The second-order valence-corrected chi connectivity index (χ2v) is 4.14. The Labute approximate surface area is 90.4 Å². The number of urea groups is 1. The molecule has 15 heavy (non-hydrogen) atoms. The van der Waals surface area contributed by atoms with E-state index in [0.717, 1.165) is 32.6 Å². The third kappa shape index (κ3) is 2.41. The topological polar surface area (TPSA) is 44.8 Å². The van der Waals surface area contributed by atoms with Gasteiger partial charge in [0.05, 0.1) is 13.2 Å². The average molecular weight is 213 g/mol. The lowest BCUT2D eigenvalue weighted by Gasteiger charge is -2.33. The van der Waals surface area contributed by atoms with Crippen molar-refractivity contribution in [2.45, 2.75) is 12.5 Å². The van der Waals surface area contributed by atoms with Gasteiger partial charge in [-0.05, 0) is 13.0 Å². The summed E-state index contributed by atoms with van der Waals surface area (Å²) < 4.78 is 5.23. The predicted molar refractivity (Wildman–Crippen MR) is 56.8 cm³/mol. The van der Waals surface area contributed by atoms with Crippen LogP contribution in [0.5, 0.6) is 0 Å². The Balaban J connectivity index is 1.87. The number of morpholine rings is 1. The van der Waals surface area contributed by atoms with Gasteiger partial charge in [-0.3, -0.25) is 0 Å². The molecule has 0 unspecified atom stereocenters. The summed E-state index contributed by atoms with van der Waals surface area (Å²) in [5, 5.41) is 3.27. The van der Waals surface area contributed by atoms with Crippen LogP contribution in [-0.2, 0) is 4.74 Å². The molecule has 5 nitrogen and oxygen atoms in total. The fourth-order valence-electron chi connectivity index (χ4n) is 2.10. The van der Waals surface area contributed by atoms with Crippen LogP contribution in [0, 0.1) is 0 Å². The first-order valence-electron chi connectivity index (χ1n) is 5.59. The van der Waals surface area contributed by atoms with Crippen molar-refractivity contribution in [1.82, 2.24) is 15.1 Å². The second-order valence-electron chi connectivity index (χ2n) is 4.14. The van der Waals surface area contributed by atoms with E-state index in [9.17, 15) is 4.79 Å². The minimum Gasteiger partial charge on any atom is -0.378 e. The number of rotatable bonds is 1. The molecule has 0 aliphatic carbocycles. The van der Waals surface area contributed by atoms with Crippen LogP contribution in [0.1, 0.15) is 6.42 Å². The Morgan fingerprint density at radius 1 is 1.47 bits per heavy atom. The lowest BCUT2D eigenvalue weighted by atomic mass is 10.2. The molecule has 2 heterocycles. The van der Waals surface area contributed by atoms with Crippen molar-refractivity contribution in [2.75, 3.05) is 46.4 Å². The molecule has 0 spiro atoms. The molecule has 2 rings (SSSR count). The minimum absolute atomic E-state index is 0.145. The summed E-state index contributed by atoms with van der Waals surface area (Å²) in [6.07, 6.45) is 1.06. The molecule has 0 bridgehead atoms. The predicted octanol–water partition coefficient (Wildman–Crippen LogP) is -0.268. The van der Waals surface area contributed by atoms with Crippen molar-refractivity contribution in [2.24, 2.45) is 0 Å². The summed E-state index contributed by atoms with van der Waals surface area (Å²) in [5.74, 6) is 0. The van der Waals surface area contributed by atoms with Gasteiger partial charge in [0.1, 0.15) is 0 Å². The lowest BCUT2D eigenvalue weighted by molar-refractivity contribution is 0.0427. The fourth-order valence-corrected chi connectivity index (χ4v) is 2.10. The van der Waals surface area contributed by atoms with Gasteiger partial charge in [-0.15, -0.1) is 0 Å². The van der Waals surface area contributed by atoms with E-state index >= 15 is 0 Å². The van der Waals surface area contributed by atoms with E-state index in [1.165, 1.54) is 0 Å². The van der Waals surface area contributed by atoms with Crippen molar-refractivity contribution < 1.29 is 9.53 Å². The van der Waals surface area contributed by atoms with Gasteiger partial charge in [-0.25, -0.2) is 4.79 Å². The van der Waals surface area contributed by atoms with Crippen LogP contribution in [0.2, 0.25) is 0 Å². The number of nitrogens with one attached hydrogen (secondary N) is 1. The molecule has 2 fully saturated rings. The van der Waals surface area contributed by atoms with Crippen LogP contribution in [0.25, 0.3) is 0 Å². The maximum Gasteiger partial charge on any atom is 0.320 e. The molecule has 2 saturated heterocycles. The van der Waals surface area contributed by atoms with E-state index in [1.807, 2.05) is 16.8 Å². The molecule has 86 valence electrons. The van der Waals surface area contributed by atoms with Crippen LogP contribution in [0.3, 0.4) is 0 Å². The standard InChI is InChI=1S/C10H19N3O2/c1-12(9-2-3-11-8-9)10(14)13-4-6-15-7-5-13/h9,11H,2-8H2,1H3/t9-/m0/s1. The zero-order valence-corrected chi connectivity index (χ0v) is 9.24. The molecule has 0 aromatic rings. The summed E-state index contributed by atoms with van der Waals surface area (Å²) in [4.78, 5) is 15.8. The van der Waals surface area contributed by atoms with Gasteiger partial charge in [0, 0.05) is 32.7 Å². The average Bonchev–Trinajstić information content (AvgIpc) is 2.82. The number of amides is 2. The monoisotopic (exact) mass is 213 g/mol. The summed E-state index contributed by atoms with van der Waals surface area (Å²) in [5.41, 5.74) is 0.